The molecule has 9 heteroatoms. The summed E-state index contributed by atoms with van der Waals surface area (Å²) < 4.78 is 21.4. The monoisotopic (exact) mass is 423 g/mol. The second kappa shape index (κ2) is 9.40. The number of carbonyl (C=O) groups excluding carboxylic acids is 2. The van der Waals surface area contributed by atoms with E-state index in [0.29, 0.717) is 27.3 Å². The number of hydrogen-bond donors (Lipinski definition) is 0. The Hall–Kier alpha value is -2.10. The lowest BCUT2D eigenvalue weighted by atomic mass is 10.1. The highest BCUT2D eigenvalue weighted by Crippen LogP contribution is 2.35. The van der Waals surface area contributed by atoms with Crippen molar-refractivity contribution in [3.8, 4) is 11.5 Å². The van der Waals surface area contributed by atoms with Crippen molar-refractivity contribution in [2.24, 2.45) is 0 Å². The Kier molecular flexibility index (Phi) is 6.93. The van der Waals surface area contributed by atoms with Crippen LogP contribution in [0.2, 0.25) is 0 Å². The zero-order chi connectivity index (χ0) is 20.1. The molecule has 1 aromatic rings. The minimum absolute atomic E-state index is 0.0492. The van der Waals surface area contributed by atoms with Crippen LogP contribution >= 0.6 is 24.0 Å². The number of ether oxygens (including phenoxy) is 4. The molecule has 2 fully saturated rings. The van der Waals surface area contributed by atoms with Gasteiger partial charge >= 0.3 is 5.97 Å². The Balaban J connectivity index is 1.72. The first-order valence-electron chi connectivity index (χ1n) is 8.76. The van der Waals surface area contributed by atoms with Crippen molar-refractivity contribution < 1.29 is 28.5 Å². The van der Waals surface area contributed by atoms with E-state index in [0.717, 1.165) is 25.0 Å². The molecule has 0 bridgehead atoms. The molecule has 0 spiro atoms. The van der Waals surface area contributed by atoms with Gasteiger partial charge in [-0.05, 0) is 36.6 Å². The molecule has 2 saturated heterocycles. The van der Waals surface area contributed by atoms with Gasteiger partial charge in [-0.2, -0.15) is 0 Å². The largest absolute Gasteiger partial charge is 0.493 e. The third kappa shape index (κ3) is 4.84. The second-order valence-electron chi connectivity index (χ2n) is 6.20. The summed E-state index contributed by atoms with van der Waals surface area (Å²) in [5, 5.41) is 0. The number of amides is 1. The number of hydrogen-bond acceptors (Lipinski definition) is 8. The van der Waals surface area contributed by atoms with Gasteiger partial charge in [0.15, 0.2) is 18.1 Å². The molecule has 2 aliphatic rings. The summed E-state index contributed by atoms with van der Waals surface area (Å²) in [6.45, 7) is 1.01. The number of rotatable bonds is 7. The summed E-state index contributed by atoms with van der Waals surface area (Å²) in [5.41, 5.74) is 0.764. The van der Waals surface area contributed by atoms with Crippen LogP contribution in [0.15, 0.2) is 23.1 Å². The van der Waals surface area contributed by atoms with Gasteiger partial charge in [0.25, 0.3) is 5.91 Å². The molecule has 1 aromatic carbocycles. The lowest BCUT2D eigenvalue weighted by Crippen LogP contribution is -2.35. The quantitative estimate of drug-likeness (QED) is 0.376. The number of carbonyl (C=O) groups is 2. The number of thiocarbonyl (C=S) groups is 1. The third-order valence-electron chi connectivity index (χ3n) is 4.34. The summed E-state index contributed by atoms with van der Waals surface area (Å²) in [6.07, 6.45) is 3.77. The molecule has 1 amide bonds. The predicted octanol–water partition coefficient (Wildman–Crippen LogP) is 2.63. The van der Waals surface area contributed by atoms with Crippen LogP contribution in [0, 0.1) is 0 Å². The van der Waals surface area contributed by atoms with E-state index in [1.165, 1.54) is 26.0 Å². The van der Waals surface area contributed by atoms with Crippen LogP contribution in [-0.2, 0) is 19.1 Å². The molecule has 0 aromatic heterocycles. The van der Waals surface area contributed by atoms with Gasteiger partial charge in [-0.3, -0.25) is 9.69 Å². The highest BCUT2D eigenvalue weighted by atomic mass is 32.2. The SMILES string of the molecule is COC(=O)COc1ccc(/C=C2\SC(=S)N(C[C@H]3CCCO3)C2=O)cc1OC. The van der Waals surface area contributed by atoms with E-state index >= 15 is 0 Å². The Morgan fingerprint density at radius 1 is 1.39 bits per heavy atom. The maximum absolute atomic E-state index is 12.7. The lowest BCUT2D eigenvalue weighted by Gasteiger charge is -2.18. The molecule has 1 atom stereocenters. The van der Waals surface area contributed by atoms with Crippen molar-refractivity contribution in [1.82, 2.24) is 4.90 Å². The van der Waals surface area contributed by atoms with Crippen LogP contribution in [0.3, 0.4) is 0 Å². The Morgan fingerprint density at radius 3 is 2.89 bits per heavy atom. The van der Waals surface area contributed by atoms with Crippen molar-refractivity contribution in [2.75, 3.05) is 34.0 Å². The van der Waals surface area contributed by atoms with Gasteiger partial charge in [0, 0.05) is 6.61 Å². The maximum atomic E-state index is 12.7. The predicted molar refractivity (Wildman–Crippen MR) is 109 cm³/mol. The second-order valence-corrected chi connectivity index (χ2v) is 7.88. The highest BCUT2D eigenvalue weighted by molar-refractivity contribution is 8.26. The Labute approximate surface area is 172 Å². The summed E-state index contributed by atoms with van der Waals surface area (Å²) in [5.74, 6) is 0.264. The van der Waals surface area contributed by atoms with Crippen LogP contribution < -0.4 is 9.47 Å². The molecule has 0 radical (unpaired) electrons. The lowest BCUT2D eigenvalue weighted by molar-refractivity contribution is -0.142. The Bertz CT molecular complexity index is 804. The summed E-state index contributed by atoms with van der Waals surface area (Å²) in [4.78, 5) is 26.1. The highest BCUT2D eigenvalue weighted by Gasteiger charge is 2.34. The molecule has 7 nitrogen and oxygen atoms in total. The standard InChI is InChI=1S/C19H21NO6S2/c1-23-15-8-12(5-6-14(15)26-11-17(21)24-2)9-16-18(22)20(19(27)28-16)10-13-4-3-7-25-13/h5-6,8-9,13H,3-4,7,10-11H2,1-2H3/b16-9-/t13-/m1/s1. The first-order valence-corrected chi connectivity index (χ1v) is 9.99. The minimum atomic E-state index is -0.485. The van der Waals surface area contributed by atoms with E-state index in [1.807, 2.05) is 0 Å². The molecule has 2 heterocycles. The van der Waals surface area contributed by atoms with Crippen molar-refractivity contribution >= 4 is 46.3 Å². The molecule has 0 N–H and O–H groups in total. The van der Waals surface area contributed by atoms with E-state index in [9.17, 15) is 9.59 Å². The zero-order valence-corrected chi connectivity index (χ0v) is 17.3. The Morgan fingerprint density at radius 2 is 2.21 bits per heavy atom. The first kappa shape index (κ1) is 20.6. The molecule has 28 heavy (non-hydrogen) atoms. The van der Waals surface area contributed by atoms with Crippen molar-refractivity contribution in [3.63, 3.8) is 0 Å². The normalized spacial score (nSPS) is 20.7. The molecule has 150 valence electrons. The van der Waals surface area contributed by atoms with E-state index in [-0.39, 0.29) is 18.6 Å². The number of esters is 1. The van der Waals surface area contributed by atoms with Crippen LogP contribution in [0.1, 0.15) is 18.4 Å². The van der Waals surface area contributed by atoms with Gasteiger partial charge < -0.3 is 18.9 Å². The molecule has 0 unspecified atom stereocenters. The summed E-state index contributed by atoms with van der Waals surface area (Å²) >= 11 is 6.64. The molecule has 3 rings (SSSR count). The number of thioether (sulfide) groups is 1. The van der Waals surface area contributed by atoms with E-state index < -0.39 is 5.97 Å². The molecule has 0 saturated carbocycles. The van der Waals surface area contributed by atoms with Crippen molar-refractivity contribution in [3.05, 3.63) is 28.7 Å². The molecular formula is C19H21NO6S2. The fourth-order valence-corrected chi connectivity index (χ4v) is 4.16. The van der Waals surface area contributed by atoms with E-state index in [1.54, 1.807) is 29.2 Å². The van der Waals surface area contributed by atoms with Gasteiger partial charge in [-0.15, -0.1) is 0 Å². The zero-order valence-electron chi connectivity index (χ0n) is 15.6. The van der Waals surface area contributed by atoms with Crippen LogP contribution in [0.5, 0.6) is 11.5 Å². The van der Waals surface area contributed by atoms with Gasteiger partial charge in [0.2, 0.25) is 0 Å². The van der Waals surface area contributed by atoms with Gasteiger partial charge in [-0.1, -0.05) is 30.0 Å². The third-order valence-corrected chi connectivity index (χ3v) is 5.72. The average molecular weight is 424 g/mol. The van der Waals surface area contributed by atoms with Crippen LogP contribution in [0.4, 0.5) is 0 Å². The van der Waals surface area contributed by atoms with Crippen LogP contribution in [0.25, 0.3) is 6.08 Å². The van der Waals surface area contributed by atoms with Gasteiger partial charge in [0.05, 0.1) is 31.8 Å². The fourth-order valence-electron chi connectivity index (χ4n) is 2.89. The smallest absolute Gasteiger partial charge is 0.343 e. The van der Waals surface area contributed by atoms with Crippen molar-refractivity contribution in [2.45, 2.75) is 18.9 Å². The fraction of sp³-hybridized carbons (Fsp3) is 0.421. The van der Waals surface area contributed by atoms with E-state index in [4.69, 9.17) is 26.4 Å². The minimum Gasteiger partial charge on any atom is -0.493 e. The van der Waals surface area contributed by atoms with E-state index in [2.05, 4.69) is 4.74 Å². The maximum Gasteiger partial charge on any atom is 0.343 e. The summed E-state index contributed by atoms with van der Waals surface area (Å²) in [7, 11) is 2.80. The molecular weight excluding hydrogens is 402 g/mol. The first-order chi connectivity index (χ1) is 13.5. The topological polar surface area (TPSA) is 74.3 Å². The number of methoxy groups -OCH3 is 2. The van der Waals surface area contributed by atoms with Crippen LogP contribution in [-0.4, -0.2) is 61.2 Å². The molecule has 0 aliphatic carbocycles. The summed E-state index contributed by atoms with van der Waals surface area (Å²) in [6, 6.07) is 5.20. The number of nitrogens with zero attached hydrogens (tertiary/aromatic N) is 1. The van der Waals surface area contributed by atoms with Crippen molar-refractivity contribution in [1.29, 1.82) is 0 Å². The van der Waals surface area contributed by atoms with Gasteiger partial charge in [-0.25, -0.2) is 4.79 Å². The number of benzene rings is 1. The van der Waals surface area contributed by atoms with Gasteiger partial charge in [0.1, 0.15) is 4.32 Å². The average Bonchev–Trinajstić information content (AvgIpc) is 3.30. The molecule has 2 aliphatic heterocycles.